The molecule has 0 aliphatic carbocycles. The van der Waals surface area contributed by atoms with Gasteiger partial charge in [-0.25, -0.2) is 14.2 Å². The number of hydrogen-bond acceptors (Lipinski definition) is 4. The summed E-state index contributed by atoms with van der Waals surface area (Å²) in [5.41, 5.74) is 2.34. The van der Waals surface area contributed by atoms with Gasteiger partial charge in [-0.3, -0.25) is 4.90 Å². The van der Waals surface area contributed by atoms with Crippen LogP contribution >= 0.6 is 11.6 Å². The van der Waals surface area contributed by atoms with Crippen LogP contribution in [0.1, 0.15) is 11.5 Å². The van der Waals surface area contributed by atoms with Crippen LogP contribution in [0.2, 0.25) is 5.02 Å². The standard InChI is InChI=1S/C20H20ClFN4O2/c21-15-3-6-18-17(11-15)24-19(28-18)13-25-7-9-26(10-8-25)20(27)23-12-14-1-4-16(22)5-2-14/h1-6,11H,7-10,12-13H2,(H,23,27). The molecule has 2 aromatic carbocycles. The maximum Gasteiger partial charge on any atom is 0.317 e. The van der Waals surface area contributed by atoms with E-state index in [1.807, 2.05) is 6.07 Å². The van der Waals surface area contributed by atoms with Gasteiger partial charge in [-0.1, -0.05) is 23.7 Å². The van der Waals surface area contributed by atoms with Crippen molar-refractivity contribution >= 4 is 28.7 Å². The Bertz CT molecular complexity index is 968. The van der Waals surface area contributed by atoms with Gasteiger partial charge < -0.3 is 14.6 Å². The first-order valence-corrected chi connectivity index (χ1v) is 9.49. The zero-order valence-corrected chi connectivity index (χ0v) is 16.0. The van der Waals surface area contributed by atoms with Crippen LogP contribution < -0.4 is 5.32 Å². The molecule has 8 heteroatoms. The summed E-state index contributed by atoms with van der Waals surface area (Å²) < 4.78 is 18.7. The molecule has 2 heterocycles. The van der Waals surface area contributed by atoms with Gasteiger partial charge >= 0.3 is 6.03 Å². The maximum atomic E-state index is 12.9. The van der Waals surface area contributed by atoms with E-state index < -0.39 is 0 Å². The Kier molecular flexibility index (Phi) is 5.45. The molecule has 0 bridgehead atoms. The van der Waals surface area contributed by atoms with Crippen molar-refractivity contribution in [2.75, 3.05) is 26.2 Å². The Hall–Kier alpha value is -2.64. The average Bonchev–Trinajstić information content (AvgIpc) is 3.09. The molecule has 1 N–H and O–H groups in total. The highest BCUT2D eigenvalue weighted by Crippen LogP contribution is 2.21. The number of urea groups is 1. The van der Waals surface area contributed by atoms with Crippen LogP contribution in [0.25, 0.3) is 11.1 Å². The lowest BCUT2D eigenvalue weighted by Crippen LogP contribution is -2.51. The Morgan fingerprint density at radius 3 is 2.64 bits per heavy atom. The number of fused-ring (bicyclic) bond motifs is 1. The van der Waals surface area contributed by atoms with Gasteiger partial charge in [-0.15, -0.1) is 0 Å². The Morgan fingerprint density at radius 1 is 1.14 bits per heavy atom. The third-order valence-electron chi connectivity index (χ3n) is 4.77. The number of nitrogens with zero attached hydrogens (tertiary/aromatic N) is 3. The summed E-state index contributed by atoms with van der Waals surface area (Å²) in [6, 6.07) is 11.4. The van der Waals surface area contributed by atoms with E-state index in [-0.39, 0.29) is 11.8 Å². The average molecular weight is 403 g/mol. The molecule has 0 radical (unpaired) electrons. The molecule has 1 aromatic heterocycles. The fourth-order valence-electron chi connectivity index (χ4n) is 3.21. The molecule has 0 atom stereocenters. The molecule has 1 fully saturated rings. The quantitative estimate of drug-likeness (QED) is 0.723. The summed E-state index contributed by atoms with van der Waals surface area (Å²) >= 11 is 5.99. The molecule has 4 rings (SSSR count). The molecule has 0 spiro atoms. The van der Waals surface area contributed by atoms with Crippen LogP contribution in [0.4, 0.5) is 9.18 Å². The number of piperazine rings is 1. The minimum absolute atomic E-state index is 0.111. The normalized spacial score (nSPS) is 15.1. The predicted octanol–water partition coefficient (Wildman–Crippen LogP) is 3.65. The number of halogens is 2. The second kappa shape index (κ2) is 8.16. The zero-order chi connectivity index (χ0) is 19.5. The van der Waals surface area contributed by atoms with Crippen molar-refractivity contribution in [2.24, 2.45) is 0 Å². The van der Waals surface area contributed by atoms with Gasteiger partial charge in [-0.2, -0.15) is 0 Å². The Balaban J connectivity index is 1.26. The second-order valence-corrected chi connectivity index (χ2v) is 7.20. The van der Waals surface area contributed by atoms with Crippen LogP contribution in [-0.2, 0) is 13.1 Å². The third kappa shape index (κ3) is 4.43. The fraction of sp³-hybridized carbons (Fsp3) is 0.300. The lowest BCUT2D eigenvalue weighted by atomic mass is 10.2. The molecule has 2 amide bonds. The van der Waals surface area contributed by atoms with Crippen molar-refractivity contribution in [3.8, 4) is 0 Å². The largest absolute Gasteiger partial charge is 0.439 e. The third-order valence-corrected chi connectivity index (χ3v) is 5.00. The monoisotopic (exact) mass is 402 g/mol. The molecule has 6 nitrogen and oxygen atoms in total. The summed E-state index contributed by atoms with van der Waals surface area (Å²) in [6.45, 7) is 3.71. The fourth-order valence-corrected chi connectivity index (χ4v) is 3.37. The van der Waals surface area contributed by atoms with Gasteiger partial charge in [0.1, 0.15) is 11.3 Å². The molecule has 28 heavy (non-hydrogen) atoms. The first-order valence-electron chi connectivity index (χ1n) is 9.11. The van der Waals surface area contributed by atoms with E-state index in [4.69, 9.17) is 16.0 Å². The van der Waals surface area contributed by atoms with Crippen molar-refractivity contribution in [3.05, 3.63) is 64.8 Å². The molecule has 0 unspecified atom stereocenters. The predicted molar refractivity (Wildman–Crippen MR) is 105 cm³/mol. The summed E-state index contributed by atoms with van der Waals surface area (Å²) in [7, 11) is 0. The van der Waals surface area contributed by atoms with Crippen LogP contribution in [0, 0.1) is 5.82 Å². The molecule has 0 saturated carbocycles. The lowest BCUT2D eigenvalue weighted by Gasteiger charge is -2.34. The zero-order valence-electron chi connectivity index (χ0n) is 15.2. The number of carbonyl (C=O) groups excluding carboxylic acids is 1. The molecule has 1 aliphatic rings. The number of oxazole rings is 1. The van der Waals surface area contributed by atoms with Crippen molar-refractivity contribution in [2.45, 2.75) is 13.1 Å². The van der Waals surface area contributed by atoms with Crippen LogP contribution in [0.3, 0.4) is 0 Å². The van der Waals surface area contributed by atoms with Crippen LogP contribution in [0.15, 0.2) is 46.9 Å². The van der Waals surface area contributed by atoms with Gasteiger partial charge in [0.2, 0.25) is 5.89 Å². The topological polar surface area (TPSA) is 61.6 Å². The van der Waals surface area contributed by atoms with Gasteiger partial charge in [0.05, 0.1) is 6.54 Å². The highest BCUT2D eigenvalue weighted by Gasteiger charge is 2.22. The minimum atomic E-state index is -0.284. The van der Waals surface area contributed by atoms with E-state index >= 15 is 0 Å². The van der Waals surface area contributed by atoms with Gasteiger partial charge in [-0.05, 0) is 35.9 Å². The highest BCUT2D eigenvalue weighted by atomic mass is 35.5. The van der Waals surface area contributed by atoms with Crippen molar-refractivity contribution in [3.63, 3.8) is 0 Å². The number of aromatic nitrogens is 1. The van der Waals surface area contributed by atoms with Gasteiger partial charge in [0.25, 0.3) is 0 Å². The molecule has 146 valence electrons. The smallest absolute Gasteiger partial charge is 0.317 e. The molecule has 3 aromatic rings. The van der Waals surface area contributed by atoms with E-state index in [0.717, 1.165) is 29.8 Å². The molecular weight excluding hydrogens is 383 g/mol. The number of carbonyl (C=O) groups is 1. The van der Waals surface area contributed by atoms with Crippen molar-refractivity contribution in [1.82, 2.24) is 20.1 Å². The molecule has 1 saturated heterocycles. The first-order chi connectivity index (χ1) is 13.6. The highest BCUT2D eigenvalue weighted by molar-refractivity contribution is 6.31. The van der Waals surface area contributed by atoms with Crippen molar-refractivity contribution in [1.29, 1.82) is 0 Å². The van der Waals surface area contributed by atoms with Crippen LogP contribution in [-0.4, -0.2) is 47.0 Å². The number of amides is 2. The summed E-state index contributed by atoms with van der Waals surface area (Å²) in [5, 5.41) is 3.51. The number of benzene rings is 2. The number of nitrogens with one attached hydrogen (secondary N) is 1. The van der Waals surface area contributed by atoms with E-state index in [1.165, 1.54) is 12.1 Å². The van der Waals surface area contributed by atoms with E-state index in [9.17, 15) is 9.18 Å². The van der Waals surface area contributed by atoms with E-state index in [1.54, 1.807) is 29.2 Å². The molecular formula is C20H20ClFN4O2. The van der Waals surface area contributed by atoms with Gasteiger partial charge in [0.15, 0.2) is 5.58 Å². The first kappa shape index (κ1) is 18.7. The summed E-state index contributed by atoms with van der Waals surface area (Å²) in [5.74, 6) is 0.361. The molecule has 1 aliphatic heterocycles. The Labute approximate surface area is 166 Å². The van der Waals surface area contributed by atoms with E-state index in [2.05, 4.69) is 15.2 Å². The van der Waals surface area contributed by atoms with Gasteiger partial charge in [0, 0.05) is 37.7 Å². The SMILES string of the molecule is O=C(NCc1ccc(F)cc1)N1CCN(Cc2nc3cc(Cl)ccc3o2)CC1. The Morgan fingerprint density at radius 2 is 1.89 bits per heavy atom. The van der Waals surface area contributed by atoms with Crippen molar-refractivity contribution < 1.29 is 13.6 Å². The summed E-state index contributed by atoms with van der Waals surface area (Å²) in [4.78, 5) is 20.8. The minimum Gasteiger partial charge on any atom is -0.439 e. The van der Waals surface area contributed by atoms with E-state index in [0.29, 0.717) is 37.1 Å². The van der Waals surface area contributed by atoms with Crippen LogP contribution in [0.5, 0.6) is 0 Å². The second-order valence-electron chi connectivity index (χ2n) is 6.77. The maximum absolute atomic E-state index is 12.9. The lowest BCUT2D eigenvalue weighted by molar-refractivity contribution is 0.129. The number of rotatable bonds is 4. The summed E-state index contributed by atoms with van der Waals surface area (Å²) in [6.07, 6.45) is 0. The number of hydrogen-bond donors (Lipinski definition) is 1.